The van der Waals surface area contributed by atoms with Crippen molar-refractivity contribution in [2.24, 2.45) is 0 Å². The van der Waals surface area contributed by atoms with Crippen molar-refractivity contribution < 1.29 is 23.9 Å². The van der Waals surface area contributed by atoms with Gasteiger partial charge in [0.05, 0.1) is 7.11 Å². The van der Waals surface area contributed by atoms with E-state index in [9.17, 15) is 19.2 Å². The molecule has 0 saturated heterocycles. The second-order valence-electron chi connectivity index (χ2n) is 10.4. The maximum absolute atomic E-state index is 13.1. The van der Waals surface area contributed by atoms with E-state index in [1.807, 2.05) is 72.8 Å². The molecule has 0 radical (unpaired) electrons. The summed E-state index contributed by atoms with van der Waals surface area (Å²) in [5, 5.41) is 8.63. The third-order valence-corrected chi connectivity index (χ3v) is 7.61. The van der Waals surface area contributed by atoms with Crippen LogP contribution < -0.4 is 20.7 Å². The Morgan fingerprint density at radius 3 is 1.95 bits per heavy atom. The molecule has 9 nitrogen and oxygen atoms in total. The number of amides is 4. The summed E-state index contributed by atoms with van der Waals surface area (Å²) in [4.78, 5) is 52.2. The molecule has 3 rings (SSSR count). The van der Waals surface area contributed by atoms with E-state index in [0.29, 0.717) is 44.5 Å². The van der Waals surface area contributed by atoms with Gasteiger partial charge >= 0.3 is 0 Å². The van der Waals surface area contributed by atoms with Crippen LogP contribution in [-0.4, -0.2) is 68.4 Å². The fourth-order valence-corrected chi connectivity index (χ4v) is 5.03. The zero-order valence-corrected chi connectivity index (χ0v) is 27.3. The van der Waals surface area contributed by atoms with Gasteiger partial charge in [-0.25, -0.2) is 0 Å². The molecule has 4 amide bonds. The lowest BCUT2D eigenvalue weighted by Gasteiger charge is -2.22. The third-order valence-electron chi connectivity index (χ3n) is 6.93. The number of rotatable bonds is 18. The van der Waals surface area contributed by atoms with Gasteiger partial charge in [0.25, 0.3) is 5.91 Å². The Hall–Kier alpha value is -3.93. The number of ether oxygens (including phenoxy) is 1. The molecule has 0 aliphatic heterocycles. The Balaban J connectivity index is 1.44. The van der Waals surface area contributed by atoms with Crippen LogP contribution in [0.3, 0.4) is 0 Å². The normalized spacial score (nSPS) is 10.5. The molecule has 44 heavy (non-hydrogen) atoms. The Kier molecular flexibility index (Phi) is 15.2. The minimum absolute atomic E-state index is 0.123. The lowest BCUT2D eigenvalue weighted by molar-refractivity contribution is -0.139. The molecule has 0 aliphatic carbocycles. The number of methoxy groups -OCH3 is 1. The average Bonchev–Trinajstić information content (AvgIpc) is 3.03. The lowest BCUT2D eigenvalue weighted by atomic mass is 10.1. The molecule has 0 bridgehead atoms. The Labute approximate surface area is 273 Å². The van der Waals surface area contributed by atoms with Gasteiger partial charge < -0.3 is 25.6 Å². The molecule has 0 fully saturated rings. The van der Waals surface area contributed by atoms with Gasteiger partial charge in [0, 0.05) is 35.2 Å². The summed E-state index contributed by atoms with van der Waals surface area (Å²) in [6.45, 7) is 0.963. The molecule has 0 aromatic heterocycles. The maximum Gasteiger partial charge on any atom is 0.251 e. The molecule has 0 saturated carbocycles. The summed E-state index contributed by atoms with van der Waals surface area (Å²) in [5.74, 6) is -0.236. The molecule has 3 N–H and O–H groups in total. The summed E-state index contributed by atoms with van der Waals surface area (Å²) in [7, 11) is 1.61. The first-order chi connectivity index (χ1) is 21.3. The Morgan fingerprint density at radius 1 is 0.705 bits per heavy atom. The zero-order valence-electron chi connectivity index (χ0n) is 25.2. The molecule has 3 aromatic rings. The molecular formula is C34H41IN4O5. The number of hydrogen-bond acceptors (Lipinski definition) is 5. The van der Waals surface area contributed by atoms with Crippen molar-refractivity contribution >= 4 is 46.2 Å². The van der Waals surface area contributed by atoms with Crippen LogP contribution in [0.15, 0.2) is 78.9 Å². The van der Waals surface area contributed by atoms with E-state index in [2.05, 4.69) is 38.5 Å². The molecule has 0 unspecified atom stereocenters. The quantitative estimate of drug-likeness (QED) is 0.136. The molecule has 0 heterocycles. The Bertz CT molecular complexity index is 1350. The van der Waals surface area contributed by atoms with Gasteiger partial charge in [0.2, 0.25) is 17.7 Å². The maximum atomic E-state index is 13.1. The molecule has 234 valence electrons. The largest absolute Gasteiger partial charge is 0.497 e. The monoisotopic (exact) mass is 712 g/mol. The van der Waals surface area contributed by atoms with E-state index in [1.165, 1.54) is 4.90 Å². The molecule has 0 spiro atoms. The summed E-state index contributed by atoms with van der Waals surface area (Å²) in [6.07, 6.45) is 3.54. The smallest absolute Gasteiger partial charge is 0.251 e. The molecule has 3 aromatic carbocycles. The highest BCUT2D eigenvalue weighted by molar-refractivity contribution is 14.1. The van der Waals surface area contributed by atoms with Gasteiger partial charge in [-0.2, -0.15) is 0 Å². The van der Waals surface area contributed by atoms with E-state index < -0.39 is 0 Å². The van der Waals surface area contributed by atoms with Gasteiger partial charge in [-0.1, -0.05) is 55.0 Å². The van der Waals surface area contributed by atoms with E-state index >= 15 is 0 Å². The van der Waals surface area contributed by atoms with Crippen LogP contribution in [0.4, 0.5) is 0 Å². The van der Waals surface area contributed by atoms with Crippen molar-refractivity contribution in [1.29, 1.82) is 0 Å². The molecule has 10 heteroatoms. The lowest BCUT2D eigenvalue weighted by Crippen LogP contribution is -2.46. The zero-order chi connectivity index (χ0) is 31.6. The fourth-order valence-electron chi connectivity index (χ4n) is 4.49. The van der Waals surface area contributed by atoms with Crippen LogP contribution in [0, 0.1) is 3.57 Å². The van der Waals surface area contributed by atoms with Crippen LogP contribution >= 0.6 is 22.6 Å². The van der Waals surface area contributed by atoms with Crippen LogP contribution in [0.1, 0.15) is 47.2 Å². The highest BCUT2D eigenvalue weighted by Gasteiger charge is 2.20. The van der Waals surface area contributed by atoms with Crippen molar-refractivity contribution in [1.82, 2.24) is 20.9 Å². The van der Waals surface area contributed by atoms with Gasteiger partial charge in [-0.15, -0.1) is 0 Å². The highest BCUT2D eigenvalue weighted by Crippen LogP contribution is 2.11. The van der Waals surface area contributed by atoms with E-state index in [4.69, 9.17) is 4.74 Å². The second kappa shape index (κ2) is 19.4. The number of carbonyl (C=O) groups is 4. The fraction of sp³-hybridized carbons (Fsp3) is 0.353. The third kappa shape index (κ3) is 13.2. The number of nitrogens with zero attached hydrogens (tertiary/aromatic N) is 1. The van der Waals surface area contributed by atoms with Crippen molar-refractivity contribution in [3.8, 4) is 5.75 Å². The topological polar surface area (TPSA) is 117 Å². The van der Waals surface area contributed by atoms with Gasteiger partial charge in [-0.3, -0.25) is 19.2 Å². The Morgan fingerprint density at radius 2 is 1.34 bits per heavy atom. The van der Waals surface area contributed by atoms with Gasteiger partial charge in [0.15, 0.2) is 0 Å². The van der Waals surface area contributed by atoms with Crippen LogP contribution in [-0.2, 0) is 27.2 Å². The molecule has 0 aliphatic rings. The van der Waals surface area contributed by atoms with Gasteiger partial charge in [-0.05, 0) is 89.7 Å². The van der Waals surface area contributed by atoms with E-state index in [-0.39, 0.29) is 43.1 Å². The summed E-state index contributed by atoms with van der Waals surface area (Å²) in [6, 6.07) is 24.8. The number of halogens is 1. The van der Waals surface area contributed by atoms with Crippen molar-refractivity contribution in [3.63, 3.8) is 0 Å². The van der Waals surface area contributed by atoms with Crippen molar-refractivity contribution in [2.45, 2.75) is 38.5 Å². The SMILES string of the molecule is COc1ccc(CCNC(=O)CN(CC(=O)NCCc2ccccc2)C(=O)CCCCCNC(=O)c2cccc(I)c2)cc1. The van der Waals surface area contributed by atoms with Gasteiger partial charge in [0.1, 0.15) is 18.8 Å². The standard InChI is InChI=1S/C34H41IN4O5/c1-44-30-16-14-27(15-17-30)19-22-37-32(41)25-39(24-31(40)36-21-18-26-9-4-2-5-10-26)33(42)13-6-3-7-20-38-34(43)28-11-8-12-29(35)23-28/h2,4-5,8-12,14-17,23H,3,6-7,13,18-22,24-25H2,1H3,(H,36,40)(H,37,41)(H,38,43). The number of benzene rings is 3. The molecular weight excluding hydrogens is 671 g/mol. The van der Waals surface area contributed by atoms with Crippen molar-refractivity contribution in [3.05, 3.63) is 99.1 Å². The number of hydrogen-bond donors (Lipinski definition) is 3. The van der Waals surface area contributed by atoms with E-state index in [1.54, 1.807) is 13.2 Å². The summed E-state index contributed by atoms with van der Waals surface area (Å²) in [5.41, 5.74) is 2.77. The highest BCUT2D eigenvalue weighted by atomic mass is 127. The second-order valence-corrected chi connectivity index (χ2v) is 11.6. The predicted molar refractivity (Wildman–Crippen MR) is 179 cm³/mol. The predicted octanol–water partition coefficient (Wildman–Crippen LogP) is 4.14. The van der Waals surface area contributed by atoms with Crippen molar-refractivity contribution in [2.75, 3.05) is 39.8 Å². The number of nitrogens with one attached hydrogen (secondary N) is 3. The van der Waals surface area contributed by atoms with E-state index in [0.717, 1.165) is 33.3 Å². The first-order valence-electron chi connectivity index (χ1n) is 14.9. The first-order valence-corrected chi connectivity index (χ1v) is 15.9. The van der Waals surface area contributed by atoms with Crippen LogP contribution in [0.25, 0.3) is 0 Å². The minimum Gasteiger partial charge on any atom is -0.497 e. The minimum atomic E-state index is -0.317. The van der Waals surface area contributed by atoms with Crippen LogP contribution in [0.2, 0.25) is 0 Å². The number of carbonyl (C=O) groups excluding carboxylic acids is 4. The first kappa shape index (κ1) is 34.6. The summed E-state index contributed by atoms with van der Waals surface area (Å²) < 4.78 is 6.17. The average molecular weight is 713 g/mol. The summed E-state index contributed by atoms with van der Waals surface area (Å²) >= 11 is 2.17. The number of unbranched alkanes of at least 4 members (excludes halogenated alkanes) is 2. The molecule has 0 atom stereocenters. The van der Waals surface area contributed by atoms with Crippen LogP contribution in [0.5, 0.6) is 5.75 Å².